The monoisotopic (exact) mass is 362 g/mol. The van der Waals surface area contributed by atoms with Crippen molar-refractivity contribution in [2.24, 2.45) is 5.92 Å². The summed E-state index contributed by atoms with van der Waals surface area (Å²) in [5, 5.41) is 4.54. The van der Waals surface area contributed by atoms with Crippen LogP contribution in [-0.2, 0) is 13.0 Å². The van der Waals surface area contributed by atoms with Crippen LogP contribution in [-0.4, -0.2) is 40.4 Å². The number of aryl methyl sites for hydroxylation is 1. The number of nitrogens with zero attached hydrogens (tertiary/aromatic N) is 2. The molecule has 1 unspecified atom stereocenters. The highest BCUT2D eigenvalue weighted by molar-refractivity contribution is 5.98. The van der Waals surface area contributed by atoms with Crippen LogP contribution in [0, 0.1) is 5.92 Å². The van der Waals surface area contributed by atoms with Crippen molar-refractivity contribution in [2.75, 3.05) is 19.6 Å². The number of rotatable bonds is 6. The molecule has 0 bridgehead atoms. The van der Waals surface area contributed by atoms with Gasteiger partial charge in [-0.3, -0.25) is 9.78 Å². The predicted octanol–water partition coefficient (Wildman–Crippen LogP) is 3.38. The number of H-pyrrole nitrogens is 1. The fourth-order valence-corrected chi connectivity index (χ4v) is 3.93. The topological polar surface area (TPSA) is 61.0 Å². The van der Waals surface area contributed by atoms with Crippen LogP contribution in [0.5, 0.6) is 0 Å². The summed E-state index contributed by atoms with van der Waals surface area (Å²) in [6, 6.07) is 12.2. The molecule has 5 nitrogen and oxygen atoms in total. The molecule has 1 saturated heterocycles. The van der Waals surface area contributed by atoms with Crippen molar-refractivity contribution in [3.63, 3.8) is 0 Å². The first-order valence-electron chi connectivity index (χ1n) is 9.74. The van der Waals surface area contributed by atoms with Gasteiger partial charge in [-0.15, -0.1) is 0 Å². The second kappa shape index (κ2) is 7.92. The van der Waals surface area contributed by atoms with Crippen molar-refractivity contribution in [1.82, 2.24) is 20.2 Å². The lowest BCUT2D eigenvalue weighted by Gasteiger charge is -2.25. The lowest BCUT2D eigenvalue weighted by molar-refractivity contribution is 0.0713. The van der Waals surface area contributed by atoms with Crippen molar-refractivity contribution in [1.29, 1.82) is 0 Å². The number of hydrogen-bond acceptors (Lipinski definition) is 3. The van der Waals surface area contributed by atoms with Gasteiger partial charge in [0.2, 0.25) is 0 Å². The van der Waals surface area contributed by atoms with E-state index in [9.17, 15) is 4.79 Å². The number of amides is 1. The van der Waals surface area contributed by atoms with Crippen molar-refractivity contribution in [2.45, 2.75) is 26.3 Å². The van der Waals surface area contributed by atoms with Crippen molar-refractivity contribution < 1.29 is 4.79 Å². The van der Waals surface area contributed by atoms with Gasteiger partial charge in [-0.25, -0.2) is 0 Å². The number of nitrogens with one attached hydrogen (secondary N) is 2. The third kappa shape index (κ3) is 3.88. The van der Waals surface area contributed by atoms with E-state index in [1.807, 2.05) is 41.4 Å². The number of fused-ring (bicyclic) bond motifs is 1. The van der Waals surface area contributed by atoms with Crippen LogP contribution in [0.1, 0.15) is 35.0 Å². The number of benzene rings is 1. The summed E-state index contributed by atoms with van der Waals surface area (Å²) in [7, 11) is 0. The van der Waals surface area contributed by atoms with Crippen molar-refractivity contribution >= 4 is 16.8 Å². The zero-order valence-corrected chi connectivity index (χ0v) is 15.7. The molecule has 3 heterocycles. The Labute approximate surface area is 159 Å². The van der Waals surface area contributed by atoms with Gasteiger partial charge in [0, 0.05) is 36.4 Å². The molecular weight excluding hydrogens is 336 g/mol. The van der Waals surface area contributed by atoms with E-state index in [4.69, 9.17) is 0 Å². The highest BCUT2D eigenvalue weighted by Crippen LogP contribution is 2.22. The van der Waals surface area contributed by atoms with Crippen LogP contribution in [0.3, 0.4) is 0 Å². The smallest absolute Gasteiger partial charge is 0.270 e. The van der Waals surface area contributed by atoms with E-state index >= 15 is 0 Å². The van der Waals surface area contributed by atoms with Gasteiger partial charge in [-0.1, -0.05) is 25.1 Å². The highest BCUT2D eigenvalue weighted by Gasteiger charge is 2.24. The second-order valence-corrected chi connectivity index (χ2v) is 7.32. The van der Waals surface area contributed by atoms with Crippen LogP contribution in [0.25, 0.3) is 10.9 Å². The maximum atomic E-state index is 13.4. The molecule has 0 aliphatic carbocycles. The Morgan fingerprint density at radius 2 is 2.22 bits per heavy atom. The molecule has 1 aromatic carbocycles. The van der Waals surface area contributed by atoms with Gasteiger partial charge in [-0.2, -0.15) is 0 Å². The molecule has 1 aliphatic heterocycles. The SMILES string of the molecule is CCc1cccc2[nH]c(C(=O)N(Cc3cccnc3)CC3CCNC3)cc12. The van der Waals surface area contributed by atoms with Crippen LogP contribution < -0.4 is 5.32 Å². The molecule has 4 rings (SSSR count). The molecule has 0 saturated carbocycles. The summed E-state index contributed by atoms with van der Waals surface area (Å²) in [4.78, 5) is 22.9. The number of aromatic nitrogens is 2. The lowest BCUT2D eigenvalue weighted by Crippen LogP contribution is -2.35. The van der Waals surface area contributed by atoms with E-state index in [-0.39, 0.29) is 5.91 Å². The maximum Gasteiger partial charge on any atom is 0.270 e. The first kappa shape index (κ1) is 17.7. The molecule has 1 atom stereocenters. The van der Waals surface area contributed by atoms with E-state index < -0.39 is 0 Å². The molecule has 27 heavy (non-hydrogen) atoms. The molecule has 0 spiro atoms. The average Bonchev–Trinajstić information content (AvgIpc) is 3.37. The molecule has 3 aromatic rings. The first-order chi connectivity index (χ1) is 13.2. The fourth-order valence-electron chi connectivity index (χ4n) is 3.93. The van der Waals surface area contributed by atoms with Gasteiger partial charge in [0.25, 0.3) is 5.91 Å². The molecular formula is C22H26N4O. The first-order valence-corrected chi connectivity index (χ1v) is 9.74. The Balaban J connectivity index is 1.62. The number of pyridine rings is 1. The number of aromatic amines is 1. The minimum absolute atomic E-state index is 0.0593. The van der Waals surface area contributed by atoms with Gasteiger partial charge in [-0.05, 0) is 61.2 Å². The maximum absolute atomic E-state index is 13.4. The van der Waals surface area contributed by atoms with E-state index in [1.165, 1.54) is 5.56 Å². The average molecular weight is 362 g/mol. The quantitative estimate of drug-likeness (QED) is 0.707. The third-order valence-corrected chi connectivity index (χ3v) is 5.39. The summed E-state index contributed by atoms with van der Waals surface area (Å²) in [6.07, 6.45) is 5.67. The van der Waals surface area contributed by atoms with E-state index in [0.29, 0.717) is 18.2 Å². The Hall–Kier alpha value is -2.66. The number of carbonyl (C=O) groups is 1. The summed E-state index contributed by atoms with van der Waals surface area (Å²) in [5.74, 6) is 0.560. The number of carbonyl (C=O) groups excluding carboxylic acids is 1. The van der Waals surface area contributed by atoms with E-state index in [1.54, 1.807) is 6.20 Å². The molecule has 1 aliphatic rings. The van der Waals surface area contributed by atoms with Gasteiger partial charge < -0.3 is 15.2 Å². The van der Waals surface area contributed by atoms with E-state index in [0.717, 1.165) is 48.9 Å². The van der Waals surface area contributed by atoms with E-state index in [2.05, 4.69) is 28.3 Å². The molecule has 5 heteroatoms. The second-order valence-electron chi connectivity index (χ2n) is 7.32. The molecule has 1 amide bonds. The highest BCUT2D eigenvalue weighted by atomic mass is 16.2. The summed E-state index contributed by atoms with van der Waals surface area (Å²) < 4.78 is 0. The standard InChI is InChI=1S/C22H26N4O/c1-2-18-6-3-7-20-19(18)11-21(25-20)22(27)26(15-17-8-10-24-13-17)14-16-5-4-9-23-12-16/h3-7,9,11-12,17,24-25H,2,8,10,13-15H2,1H3. The third-order valence-electron chi connectivity index (χ3n) is 5.39. The van der Waals surface area contributed by atoms with Gasteiger partial charge in [0.05, 0.1) is 0 Å². The summed E-state index contributed by atoms with van der Waals surface area (Å²) in [6.45, 7) is 5.50. The minimum Gasteiger partial charge on any atom is -0.351 e. The fraction of sp³-hybridized carbons (Fsp3) is 0.364. The van der Waals surface area contributed by atoms with Gasteiger partial charge in [0.1, 0.15) is 5.69 Å². The predicted molar refractivity (Wildman–Crippen MR) is 108 cm³/mol. The van der Waals surface area contributed by atoms with Crippen molar-refractivity contribution in [3.05, 3.63) is 65.6 Å². The van der Waals surface area contributed by atoms with Gasteiger partial charge in [0.15, 0.2) is 0 Å². The molecule has 0 radical (unpaired) electrons. The molecule has 2 N–H and O–H groups in total. The van der Waals surface area contributed by atoms with Gasteiger partial charge >= 0.3 is 0 Å². The minimum atomic E-state index is 0.0593. The summed E-state index contributed by atoms with van der Waals surface area (Å²) in [5.41, 5.74) is 4.02. The Morgan fingerprint density at radius 3 is 2.96 bits per heavy atom. The zero-order chi connectivity index (χ0) is 18.6. The van der Waals surface area contributed by atoms with Crippen LogP contribution >= 0.6 is 0 Å². The van der Waals surface area contributed by atoms with Crippen LogP contribution in [0.15, 0.2) is 48.8 Å². The normalized spacial score (nSPS) is 16.7. The Morgan fingerprint density at radius 1 is 1.30 bits per heavy atom. The molecule has 140 valence electrons. The van der Waals surface area contributed by atoms with Crippen LogP contribution in [0.2, 0.25) is 0 Å². The van der Waals surface area contributed by atoms with Crippen molar-refractivity contribution in [3.8, 4) is 0 Å². The summed E-state index contributed by atoms with van der Waals surface area (Å²) >= 11 is 0. The Bertz CT molecular complexity index is 912. The largest absolute Gasteiger partial charge is 0.351 e. The van der Waals surface area contributed by atoms with Crippen LogP contribution in [0.4, 0.5) is 0 Å². The molecule has 2 aromatic heterocycles. The Kier molecular flexibility index (Phi) is 5.21. The molecule has 1 fully saturated rings. The zero-order valence-electron chi connectivity index (χ0n) is 15.7. The lowest BCUT2D eigenvalue weighted by atomic mass is 10.1. The number of hydrogen-bond donors (Lipinski definition) is 2.